The second-order valence-corrected chi connectivity index (χ2v) is 5.62. The number of benzene rings is 1. The molecule has 5 heteroatoms. The van der Waals surface area contributed by atoms with Crippen LogP contribution in [0, 0.1) is 6.92 Å². The molecular weight excluding hydrogens is 270 g/mol. The van der Waals surface area contributed by atoms with E-state index in [1.165, 1.54) is 0 Å². The third-order valence-electron chi connectivity index (χ3n) is 3.30. The van der Waals surface area contributed by atoms with Crippen molar-refractivity contribution in [1.29, 1.82) is 0 Å². The van der Waals surface area contributed by atoms with Gasteiger partial charge in [0.05, 0.1) is 23.5 Å². The fourth-order valence-corrected chi connectivity index (χ4v) is 2.29. The van der Waals surface area contributed by atoms with Crippen LogP contribution in [0.25, 0.3) is 0 Å². The molecule has 116 valence electrons. The summed E-state index contributed by atoms with van der Waals surface area (Å²) >= 11 is 0. The molecular formula is C16H23NO4. The van der Waals surface area contributed by atoms with Crippen molar-refractivity contribution in [2.24, 2.45) is 0 Å². The van der Waals surface area contributed by atoms with Crippen molar-refractivity contribution in [2.75, 3.05) is 18.9 Å². The van der Waals surface area contributed by atoms with Crippen LogP contribution in [-0.2, 0) is 9.47 Å². The molecule has 0 radical (unpaired) electrons. The molecule has 0 aliphatic carbocycles. The minimum Gasteiger partial charge on any atom is -0.489 e. The van der Waals surface area contributed by atoms with Gasteiger partial charge in [-0.05, 0) is 51.3 Å². The van der Waals surface area contributed by atoms with Crippen LogP contribution in [0.15, 0.2) is 12.1 Å². The lowest BCUT2D eigenvalue weighted by atomic mass is 10.1. The Hall–Kier alpha value is -1.75. The van der Waals surface area contributed by atoms with Gasteiger partial charge in [-0.3, -0.25) is 0 Å². The van der Waals surface area contributed by atoms with Gasteiger partial charge in [-0.25, -0.2) is 4.79 Å². The summed E-state index contributed by atoms with van der Waals surface area (Å²) in [6.07, 6.45) is 1.97. The minimum absolute atomic E-state index is 0.107. The first-order valence-electron chi connectivity index (χ1n) is 7.33. The molecule has 5 nitrogen and oxygen atoms in total. The Morgan fingerprint density at radius 1 is 1.48 bits per heavy atom. The SMILES string of the molecule is Cc1cc(OCC2CCCO2)c(N)c(C(=O)OC(C)C)c1. The molecule has 0 aromatic heterocycles. The topological polar surface area (TPSA) is 70.8 Å². The van der Waals surface area contributed by atoms with Crippen molar-refractivity contribution in [3.63, 3.8) is 0 Å². The number of hydrogen-bond acceptors (Lipinski definition) is 5. The highest BCUT2D eigenvalue weighted by Gasteiger charge is 2.20. The zero-order valence-electron chi connectivity index (χ0n) is 12.8. The number of carbonyl (C=O) groups is 1. The van der Waals surface area contributed by atoms with Crippen LogP contribution < -0.4 is 10.5 Å². The molecule has 0 amide bonds. The molecule has 2 rings (SSSR count). The number of nitrogens with two attached hydrogens (primary N) is 1. The number of rotatable bonds is 5. The van der Waals surface area contributed by atoms with E-state index in [1.807, 2.05) is 13.0 Å². The smallest absolute Gasteiger partial charge is 0.340 e. The Bertz CT molecular complexity index is 507. The number of hydrogen-bond donors (Lipinski definition) is 1. The summed E-state index contributed by atoms with van der Waals surface area (Å²) in [5, 5.41) is 0. The molecule has 1 aliphatic rings. The van der Waals surface area contributed by atoms with Gasteiger partial charge < -0.3 is 19.9 Å². The molecule has 1 aliphatic heterocycles. The van der Waals surface area contributed by atoms with Crippen LogP contribution >= 0.6 is 0 Å². The molecule has 1 aromatic rings. The van der Waals surface area contributed by atoms with Gasteiger partial charge in [0.15, 0.2) is 0 Å². The molecule has 1 saturated heterocycles. The maximum atomic E-state index is 12.1. The van der Waals surface area contributed by atoms with Gasteiger partial charge in [0.2, 0.25) is 0 Å². The van der Waals surface area contributed by atoms with Gasteiger partial charge >= 0.3 is 5.97 Å². The number of carbonyl (C=O) groups excluding carboxylic acids is 1. The highest BCUT2D eigenvalue weighted by molar-refractivity contribution is 5.97. The first-order chi connectivity index (χ1) is 9.97. The number of ether oxygens (including phenoxy) is 3. The summed E-state index contributed by atoms with van der Waals surface area (Å²) in [6, 6.07) is 3.55. The fraction of sp³-hybridized carbons (Fsp3) is 0.562. The standard InChI is InChI=1S/C16H23NO4/c1-10(2)21-16(18)13-7-11(3)8-14(15(13)17)20-9-12-5-4-6-19-12/h7-8,10,12H,4-6,9,17H2,1-3H3. The first-order valence-corrected chi connectivity index (χ1v) is 7.33. The molecule has 1 atom stereocenters. The molecule has 0 saturated carbocycles. The lowest BCUT2D eigenvalue weighted by Gasteiger charge is -2.16. The largest absolute Gasteiger partial charge is 0.489 e. The van der Waals surface area contributed by atoms with Gasteiger partial charge in [0.1, 0.15) is 12.4 Å². The molecule has 1 fully saturated rings. The maximum absolute atomic E-state index is 12.1. The monoisotopic (exact) mass is 293 g/mol. The highest BCUT2D eigenvalue weighted by Crippen LogP contribution is 2.29. The van der Waals surface area contributed by atoms with Gasteiger partial charge in [0, 0.05) is 6.61 Å². The second-order valence-electron chi connectivity index (χ2n) is 5.62. The van der Waals surface area contributed by atoms with Crippen LogP contribution in [0.2, 0.25) is 0 Å². The lowest BCUT2D eigenvalue weighted by Crippen LogP contribution is -2.18. The maximum Gasteiger partial charge on any atom is 0.340 e. The molecule has 0 bridgehead atoms. The van der Waals surface area contributed by atoms with Crippen molar-refractivity contribution in [3.8, 4) is 5.75 Å². The second kappa shape index (κ2) is 6.80. The molecule has 0 spiro atoms. The Morgan fingerprint density at radius 3 is 2.86 bits per heavy atom. The van der Waals surface area contributed by atoms with Crippen molar-refractivity contribution in [3.05, 3.63) is 23.3 Å². The summed E-state index contributed by atoms with van der Waals surface area (Å²) in [5.41, 5.74) is 7.63. The minimum atomic E-state index is -0.423. The van der Waals surface area contributed by atoms with E-state index >= 15 is 0 Å². The predicted octanol–water partition coefficient (Wildman–Crippen LogP) is 2.70. The zero-order valence-corrected chi connectivity index (χ0v) is 12.8. The fourth-order valence-electron chi connectivity index (χ4n) is 2.29. The third kappa shape index (κ3) is 4.11. The van der Waals surface area contributed by atoms with E-state index < -0.39 is 5.97 Å². The zero-order chi connectivity index (χ0) is 15.4. The summed E-state index contributed by atoms with van der Waals surface area (Å²) in [6.45, 7) is 6.73. The highest BCUT2D eigenvalue weighted by atomic mass is 16.5. The molecule has 21 heavy (non-hydrogen) atoms. The van der Waals surface area contributed by atoms with E-state index in [0.717, 1.165) is 25.0 Å². The average Bonchev–Trinajstić information content (AvgIpc) is 2.91. The molecule has 2 N–H and O–H groups in total. The van der Waals surface area contributed by atoms with Crippen LogP contribution in [0.4, 0.5) is 5.69 Å². The summed E-state index contributed by atoms with van der Waals surface area (Å²) < 4.78 is 16.5. The van der Waals surface area contributed by atoms with E-state index in [-0.39, 0.29) is 12.2 Å². The van der Waals surface area contributed by atoms with E-state index in [2.05, 4.69) is 0 Å². The quantitative estimate of drug-likeness (QED) is 0.667. The lowest BCUT2D eigenvalue weighted by molar-refractivity contribution is 0.0378. The van der Waals surface area contributed by atoms with E-state index in [9.17, 15) is 4.79 Å². The van der Waals surface area contributed by atoms with Crippen LogP contribution in [-0.4, -0.2) is 31.4 Å². The Labute approximate surface area is 125 Å². The van der Waals surface area contributed by atoms with Crippen LogP contribution in [0.1, 0.15) is 42.6 Å². The van der Waals surface area contributed by atoms with Crippen molar-refractivity contribution in [2.45, 2.75) is 45.8 Å². The number of nitrogen functional groups attached to an aromatic ring is 1. The van der Waals surface area contributed by atoms with Gasteiger partial charge in [-0.1, -0.05) is 0 Å². The molecule has 1 heterocycles. The Kier molecular flexibility index (Phi) is 5.07. The predicted molar refractivity (Wildman–Crippen MR) is 80.6 cm³/mol. The van der Waals surface area contributed by atoms with Gasteiger partial charge in [-0.15, -0.1) is 0 Å². The number of aryl methyl sites for hydroxylation is 1. The van der Waals surface area contributed by atoms with Crippen molar-refractivity contribution in [1.82, 2.24) is 0 Å². The first kappa shape index (κ1) is 15.6. The van der Waals surface area contributed by atoms with Crippen molar-refractivity contribution < 1.29 is 19.0 Å². The Morgan fingerprint density at radius 2 is 2.24 bits per heavy atom. The van der Waals surface area contributed by atoms with Gasteiger partial charge in [0.25, 0.3) is 0 Å². The Balaban J connectivity index is 2.13. The van der Waals surface area contributed by atoms with Gasteiger partial charge in [-0.2, -0.15) is 0 Å². The van der Waals surface area contributed by atoms with Crippen LogP contribution in [0.5, 0.6) is 5.75 Å². The average molecular weight is 293 g/mol. The number of anilines is 1. The normalized spacial score (nSPS) is 18.0. The van der Waals surface area contributed by atoms with Crippen molar-refractivity contribution >= 4 is 11.7 Å². The van der Waals surface area contributed by atoms with E-state index in [0.29, 0.717) is 23.6 Å². The van der Waals surface area contributed by atoms with E-state index in [4.69, 9.17) is 19.9 Å². The third-order valence-corrected chi connectivity index (χ3v) is 3.30. The van der Waals surface area contributed by atoms with E-state index in [1.54, 1.807) is 19.9 Å². The molecule has 1 aromatic carbocycles. The number of esters is 1. The molecule has 1 unspecified atom stereocenters. The van der Waals surface area contributed by atoms with Crippen LogP contribution in [0.3, 0.4) is 0 Å². The summed E-state index contributed by atoms with van der Waals surface area (Å²) in [5.74, 6) is 0.0920. The summed E-state index contributed by atoms with van der Waals surface area (Å²) in [7, 11) is 0. The summed E-state index contributed by atoms with van der Waals surface area (Å²) in [4.78, 5) is 12.1.